The molecule has 8 heteroatoms. The van der Waals surface area contributed by atoms with Gasteiger partial charge in [-0.1, -0.05) is 32.0 Å². The Morgan fingerprint density at radius 2 is 1.57 bits per heavy atom. The lowest BCUT2D eigenvalue weighted by Gasteiger charge is -2.17. The number of carbonyl (C=O) groups is 2. The van der Waals surface area contributed by atoms with Gasteiger partial charge in [-0.05, 0) is 49.2 Å². The van der Waals surface area contributed by atoms with Gasteiger partial charge in [0.05, 0.1) is 10.5 Å². The molecule has 0 radical (unpaired) electrons. The molecule has 0 heterocycles. The summed E-state index contributed by atoms with van der Waals surface area (Å²) in [5.41, 5.74) is 0.594. The second-order valence-corrected chi connectivity index (χ2v) is 8.35. The SMILES string of the molecule is CC(C)[C@@H](C)NC(=O)COC(=O)c1ccc(S(=O)(=O)Nc2ccccc2)cc1. The minimum absolute atomic E-state index is 0.0106. The van der Waals surface area contributed by atoms with Gasteiger partial charge in [-0.25, -0.2) is 13.2 Å². The number of amides is 1. The molecule has 0 spiro atoms. The number of para-hydroxylation sites is 1. The highest BCUT2D eigenvalue weighted by molar-refractivity contribution is 7.92. The van der Waals surface area contributed by atoms with Gasteiger partial charge in [0.25, 0.3) is 15.9 Å². The fourth-order valence-electron chi connectivity index (χ4n) is 2.17. The van der Waals surface area contributed by atoms with E-state index < -0.39 is 22.6 Å². The lowest BCUT2D eigenvalue weighted by molar-refractivity contribution is -0.125. The van der Waals surface area contributed by atoms with Gasteiger partial charge < -0.3 is 10.1 Å². The first-order valence-electron chi connectivity index (χ1n) is 8.83. The van der Waals surface area contributed by atoms with Crippen LogP contribution in [0.2, 0.25) is 0 Å². The van der Waals surface area contributed by atoms with E-state index in [1.54, 1.807) is 30.3 Å². The Morgan fingerprint density at radius 1 is 0.964 bits per heavy atom. The number of nitrogens with one attached hydrogen (secondary N) is 2. The van der Waals surface area contributed by atoms with Crippen molar-refractivity contribution in [2.24, 2.45) is 5.92 Å². The van der Waals surface area contributed by atoms with Crippen molar-refractivity contribution < 1.29 is 22.7 Å². The Kier molecular flexibility index (Phi) is 7.17. The van der Waals surface area contributed by atoms with Gasteiger partial charge in [-0.2, -0.15) is 0 Å². The van der Waals surface area contributed by atoms with E-state index in [4.69, 9.17) is 4.74 Å². The van der Waals surface area contributed by atoms with E-state index in [0.29, 0.717) is 5.69 Å². The van der Waals surface area contributed by atoms with Gasteiger partial charge in [0.2, 0.25) is 0 Å². The number of benzene rings is 2. The van der Waals surface area contributed by atoms with Gasteiger partial charge in [0, 0.05) is 11.7 Å². The van der Waals surface area contributed by atoms with E-state index in [-0.39, 0.29) is 28.3 Å². The molecule has 0 aliphatic rings. The first-order valence-corrected chi connectivity index (χ1v) is 10.3. The molecule has 0 aliphatic carbocycles. The number of carbonyl (C=O) groups excluding carboxylic acids is 2. The summed E-state index contributed by atoms with van der Waals surface area (Å²) in [5, 5.41) is 2.73. The van der Waals surface area contributed by atoms with Crippen molar-refractivity contribution in [2.75, 3.05) is 11.3 Å². The Morgan fingerprint density at radius 3 is 2.14 bits per heavy atom. The number of anilines is 1. The third-order valence-electron chi connectivity index (χ3n) is 4.15. The lowest BCUT2D eigenvalue weighted by Crippen LogP contribution is -2.38. The Hall–Kier alpha value is -2.87. The van der Waals surface area contributed by atoms with Crippen LogP contribution in [0.3, 0.4) is 0 Å². The largest absolute Gasteiger partial charge is 0.452 e. The first-order chi connectivity index (χ1) is 13.2. The van der Waals surface area contributed by atoms with Gasteiger partial charge >= 0.3 is 5.97 Å². The molecular weight excluding hydrogens is 380 g/mol. The predicted molar refractivity (Wildman–Crippen MR) is 106 cm³/mol. The second-order valence-electron chi connectivity index (χ2n) is 6.67. The Labute approximate surface area is 165 Å². The van der Waals surface area contributed by atoms with Crippen molar-refractivity contribution in [3.05, 3.63) is 60.2 Å². The fraction of sp³-hybridized carbons (Fsp3) is 0.300. The number of hydrogen-bond donors (Lipinski definition) is 2. The van der Waals surface area contributed by atoms with Gasteiger partial charge in [0.1, 0.15) is 0 Å². The molecule has 0 unspecified atom stereocenters. The fourth-order valence-corrected chi connectivity index (χ4v) is 3.23. The van der Waals surface area contributed by atoms with E-state index in [0.717, 1.165) is 0 Å². The second kappa shape index (κ2) is 9.36. The first kappa shape index (κ1) is 21.4. The summed E-state index contributed by atoms with van der Waals surface area (Å²) in [6.07, 6.45) is 0. The van der Waals surface area contributed by atoms with Crippen LogP contribution in [0.25, 0.3) is 0 Å². The molecule has 2 rings (SSSR count). The average Bonchev–Trinajstić information content (AvgIpc) is 2.66. The summed E-state index contributed by atoms with van der Waals surface area (Å²) >= 11 is 0. The van der Waals surface area contributed by atoms with E-state index in [1.807, 2.05) is 20.8 Å². The number of sulfonamides is 1. The molecule has 1 amide bonds. The molecular formula is C20H24N2O5S. The summed E-state index contributed by atoms with van der Waals surface area (Å²) < 4.78 is 32.2. The maximum absolute atomic E-state index is 12.4. The summed E-state index contributed by atoms with van der Waals surface area (Å²) in [5.74, 6) is -0.827. The van der Waals surface area contributed by atoms with Gasteiger partial charge in [0.15, 0.2) is 6.61 Å². The van der Waals surface area contributed by atoms with Crippen LogP contribution >= 0.6 is 0 Å². The highest BCUT2D eigenvalue weighted by Gasteiger charge is 2.17. The zero-order chi connectivity index (χ0) is 20.7. The quantitative estimate of drug-likeness (QED) is 0.659. The Bertz CT molecular complexity index is 909. The van der Waals surface area contributed by atoms with Crippen LogP contribution in [0, 0.1) is 5.92 Å². The summed E-state index contributed by atoms with van der Waals surface area (Å²) in [7, 11) is -3.77. The van der Waals surface area contributed by atoms with E-state index in [1.165, 1.54) is 24.3 Å². The zero-order valence-electron chi connectivity index (χ0n) is 16.0. The average molecular weight is 404 g/mol. The van der Waals surface area contributed by atoms with Crippen molar-refractivity contribution >= 4 is 27.6 Å². The summed E-state index contributed by atoms with van der Waals surface area (Å²) in [6.45, 7) is 5.41. The van der Waals surface area contributed by atoms with Crippen molar-refractivity contribution in [1.29, 1.82) is 0 Å². The van der Waals surface area contributed by atoms with Crippen molar-refractivity contribution in [2.45, 2.75) is 31.7 Å². The van der Waals surface area contributed by atoms with E-state index >= 15 is 0 Å². The monoisotopic (exact) mass is 404 g/mol. The Balaban J connectivity index is 1.96. The third kappa shape index (κ3) is 6.09. The number of rotatable bonds is 8. The highest BCUT2D eigenvalue weighted by atomic mass is 32.2. The number of hydrogen-bond acceptors (Lipinski definition) is 5. The molecule has 0 saturated carbocycles. The van der Waals surface area contributed by atoms with Crippen LogP contribution in [0.1, 0.15) is 31.1 Å². The van der Waals surface area contributed by atoms with Gasteiger partial charge in [-0.15, -0.1) is 0 Å². The number of ether oxygens (including phenoxy) is 1. The summed E-state index contributed by atoms with van der Waals surface area (Å²) in [4.78, 5) is 23.8. The van der Waals surface area contributed by atoms with E-state index in [2.05, 4.69) is 10.0 Å². The van der Waals surface area contributed by atoms with Crippen molar-refractivity contribution in [3.63, 3.8) is 0 Å². The molecule has 0 fully saturated rings. The molecule has 2 N–H and O–H groups in total. The van der Waals surface area contributed by atoms with Crippen LogP contribution in [-0.2, 0) is 19.6 Å². The van der Waals surface area contributed by atoms with E-state index in [9.17, 15) is 18.0 Å². The molecule has 2 aromatic carbocycles. The molecule has 0 saturated heterocycles. The van der Waals surface area contributed by atoms with Crippen molar-refractivity contribution in [3.8, 4) is 0 Å². The van der Waals surface area contributed by atoms with Crippen LogP contribution in [-0.4, -0.2) is 32.9 Å². The molecule has 1 atom stereocenters. The predicted octanol–water partition coefficient (Wildman–Crippen LogP) is 2.80. The van der Waals surface area contributed by atoms with Crippen LogP contribution in [0.5, 0.6) is 0 Å². The smallest absolute Gasteiger partial charge is 0.338 e. The van der Waals surface area contributed by atoms with Crippen LogP contribution in [0.15, 0.2) is 59.5 Å². The standard InChI is InChI=1S/C20H24N2O5S/c1-14(2)15(3)21-19(23)13-27-20(24)16-9-11-18(12-10-16)28(25,26)22-17-7-5-4-6-8-17/h4-12,14-15,22H,13H2,1-3H3,(H,21,23)/t15-/m1/s1. The lowest BCUT2D eigenvalue weighted by atomic mass is 10.1. The van der Waals surface area contributed by atoms with Crippen LogP contribution in [0.4, 0.5) is 5.69 Å². The molecule has 0 aliphatic heterocycles. The topological polar surface area (TPSA) is 102 Å². The van der Waals surface area contributed by atoms with Crippen LogP contribution < -0.4 is 10.0 Å². The number of esters is 1. The molecule has 0 aromatic heterocycles. The van der Waals surface area contributed by atoms with Crippen molar-refractivity contribution in [1.82, 2.24) is 5.32 Å². The normalized spacial score (nSPS) is 12.3. The van der Waals surface area contributed by atoms with Gasteiger partial charge in [-0.3, -0.25) is 9.52 Å². The summed E-state index contributed by atoms with van der Waals surface area (Å²) in [6, 6.07) is 13.8. The molecule has 150 valence electrons. The zero-order valence-corrected chi connectivity index (χ0v) is 16.8. The highest BCUT2D eigenvalue weighted by Crippen LogP contribution is 2.16. The minimum atomic E-state index is -3.77. The molecule has 0 bridgehead atoms. The molecule has 2 aromatic rings. The molecule has 7 nitrogen and oxygen atoms in total. The third-order valence-corrected chi connectivity index (χ3v) is 5.55. The minimum Gasteiger partial charge on any atom is -0.452 e. The molecule has 28 heavy (non-hydrogen) atoms. The maximum Gasteiger partial charge on any atom is 0.338 e. The maximum atomic E-state index is 12.4.